The first kappa shape index (κ1) is 9.38. The van der Waals surface area contributed by atoms with Crippen LogP contribution in [0.4, 0.5) is 0 Å². The van der Waals surface area contributed by atoms with Gasteiger partial charge in [0.1, 0.15) is 0 Å². The summed E-state index contributed by atoms with van der Waals surface area (Å²) in [6, 6.07) is 2.82. The van der Waals surface area contributed by atoms with Crippen LogP contribution in [0.1, 0.15) is 15.9 Å². The SMILES string of the molecule is COc1ccc(C(=O)O)c(C)c1O. The molecule has 4 nitrogen and oxygen atoms in total. The maximum absolute atomic E-state index is 10.6. The number of rotatable bonds is 2. The summed E-state index contributed by atoms with van der Waals surface area (Å²) in [5, 5.41) is 18.1. The van der Waals surface area contributed by atoms with Crippen LogP contribution < -0.4 is 4.74 Å². The Labute approximate surface area is 75.4 Å². The molecule has 0 aromatic heterocycles. The van der Waals surface area contributed by atoms with Crippen molar-refractivity contribution in [3.63, 3.8) is 0 Å². The Balaban J connectivity index is 3.31. The fourth-order valence-corrected chi connectivity index (χ4v) is 1.07. The lowest BCUT2D eigenvalue weighted by Gasteiger charge is -2.07. The number of ether oxygens (including phenoxy) is 1. The number of benzene rings is 1. The van der Waals surface area contributed by atoms with E-state index in [9.17, 15) is 9.90 Å². The molecule has 0 spiro atoms. The van der Waals surface area contributed by atoms with E-state index in [0.29, 0.717) is 5.56 Å². The van der Waals surface area contributed by atoms with Crippen molar-refractivity contribution in [1.82, 2.24) is 0 Å². The van der Waals surface area contributed by atoms with Gasteiger partial charge in [-0.05, 0) is 19.1 Å². The molecule has 2 N–H and O–H groups in total. The Hall–Kier alpha value is -1.71. The molecule has 0 saturated carbocycles. The average molecular weight is 182 g/mol. The quantitative estimate of drug-likeness (QED) is 0.725. The minimum absolute atomic E-state index is 0.0818. The van der Waals surface area contributed by atoms with Crippen molar-refractivity contribution in [3.05, 3.63) is 23.3 Å². The summed E-state index contributed by atoms with van der Waals surface area (Å²) in [6.45, 7) is 1.53. The number of carboxylic acid groups (broad SMARTS) is 1. The van der Waals surface area contributed by atoms with E-state index in [0.717, 1.165) is 0 Å². The molecule has 0 saturated heterocycles. The Morgan fingerprint density at radius 3 is 2.54 bits per heavy atom. The van der Waals surface area contributed by atoms with Crippen LogP contribution in [0, 0.1) is 6.92 Å². The maximum atomic E-state index is 10.6. The minimum Gasteiger partial charge on any atom is -0.504 e. The third kappa shape index (κ3) is 1.56. The first-order valence-corrected chi connectivity index (χ1v) is 3.67. The molecular formula is C9H10O4. The van der Waals surface area contributed by atoms with Gasteiger partial charge >= 0.3 is 5.97 Å². The second-order valence-corrected chi connectivity index (χ2v) is 2.59. The molecule has 0 atom stereocenters. The fourth-order valence-electron chi connectivity index (χ4n) is 1.07. The molecule has 1 aromatic rings. The summed E-state index contributed by atoms with van der Waals surface area (Å²) < 4.78 is 4.82. The van der Waals surface area contributed by atoms with Crippen LogP contribution in [0.25, 0.3) is 0 Å². The van der Waals surface area contributed by atoms with E-state index in [1.807, 2.05) is 0 Å². The highest BCUT2D eigenvalue weighted by Crippen LogP contribution is 2.31. The first-order valence-electron chi connectivity index (χ1n) is 3.67. The zero-order valence-corrected chi connectivity index (χ0v) is 7.37. The zero-order chi connectivity index (χ0) is 10.0. The molecule has 0 unspecified atom stereocenters. The number of carbonyl (C=O) groups is 1. The third-order valence-corrected chi connectivity index (χ3v) is 1.84. The molecule has 0 heterocycles. The second-order valence-electron chi connectivity index (χ2n) is 2.59. The molecule has 0 radical (unpaired) electrons. The van der Waals surface area contributed by atoms with Gasteiger partial charge in [-0.2, -0.15) is 0 Å². The summed E-state index contributed by atoms with van der Waals surface area (Å²) in [5.41, 5.74) is 0.394. The van der Waals surface area contributed by atoms with Crippen molar-refractivity contribution in [2.45, 2.75) is 6.92 Å². The normalized spacial score (nSPS) is 9.69. The van der Waals surface area contributed by atoms with Crippen LogP contribution in [-0.4, -0.2) is 23.3 Å². The standard InChI is InChI=1S/C9H10O4/c1-5-6(9(11)12)3-4-7(13-2)8(5)10/h3-4,10H,1-2H3,(H,11,12). The average Bonchev–Trinajstić information content (AvgIpc) is 2.09. The largest absolute Gasteiger partial charge is 0.504 e. The van der Waals surface area contributed by atoms with Crippen LogP contribution in [0.3, 0.4) is 0 Å². The first-order chi connectivity index (χ1) is 6.07. The van der Waals surface area contributed by atoms with Gasteiger partial charge in [-0.15, -0.1) is 0 Å². The molecule has 0 aliphatic heterocycles. The third-order valence-electron chi connectivity index (χ3n) is 1.84. The molecule has 0 fully saturated rings. The number of phenolic OH excluding ortho intramolecular Hbond substituents is 1. The van der Waals surface area contributed by atoms with Crippen LogP contribution >= 0.6 is 0 Å². The molecule has 13 heavy (non-hydrogen) atoms. The van der Waals surface area contributed by atoms with E-state index in [1.165, 1.54) is 26.2 Å². The topological polar surface area (TPSA) is 66.8 Å². The van der Waals surface area contributed by atoms with E-state index < -0.39 is 5.97 Å². The van der Waals surface area contributed by atoms with E-state index in [-0.39, 0.29) is 17.1 Å². The molecule has 1 rings (SSSR count). The summed E-state index contributed by atoms with van der Waals surface area (Å²) in [6.07, 6.45) is 0. The molecule has 4 heteroatoms. The molecule has 0 aliphatic carbocycles. The van der Waals surface area contributed by atoms with Crippen molar-refractivity contribution in [1.29, 1.82) is 0 Å². The van der Waals surface area contributed by atoms with Gasteiger partial charge < -0.3 is 14.9 Å². The van der Waals surface area contributed by atoms with Gasteiger partial charge in [0.15, 0.2) is 11.5 Å². The lowest BCUT2D eigenvalue weighted by molar-refractivity contribution is 0.0695. The van der Waals surface area contributed by atoms with Crippen LogP contribution in [0.15, 0.2) is 12.1 Å². The number of carboxylic acids is 1. The number of phenols is 1. The summed E-state index contributed by atoms with van der Waals surface area (Å²) in [5.74, 6) is -0.902. The smallest absolute Gasteiger partial charge is 0.336 e. The predicted molar refractivity (Wildman–Crippen MR) is 46.4 cm³/mol. The number of aromatic carboxylic acids is 1. The highest BCUT2D eigenvalue weighted by atomic mass is 16.5. The van der Waals surface area contributed by atoms with Crippen molar-refractivity contribution in [2.24, 2.45) is 0 Å². The molecule has 0 bridgehead atoms. The molecule has 70 valence electrons. The fraction of sp³-hybridized carbons (Fsp3) is 0.222. The highest BCUT2D eigenvalue weighted by Gasteiger charge is 2.13. The van der Waals surface area contributed by atoms with Gasteiger partial charge in [-0.1, -0.05) is 0 Å². The van der Waals surface area contributed by atoms with Crippen molar-refractivity contribution in [3.8, 4) is 11.5 Å². The van der Waals surface area contributed by atoms with Crippen molar-refractivity contribution in [2.75, 3.05) is 7.11 Å². The van der Waals surface area contributed by atoms with Gasteiger partial charge in [-0.25, -0.2) is 4.79 Å². The van der Waals surface area contributed by atoms with Gasteiger partial charge in [0.05, 0.1) is 12.7 Å². The number of aromatic hydroxyl groups is 1. The summed E-state index contributed by atoms with van der Waals surface area (Å²) in [7, 11) is 1.41. The highest BCUT2D eigenvalue weighted by molar-refractivity contribution is 5.90. The summed E-state index contributed by atoms with van der Waals surface area (Å²) in [4.78, 5) is 10.6. The van der Waals surface area contributed by atoms with Crippen LogP contribution in [0.5, 0.6) is 11.5 Å². The Bertz CT molecular complexity index is 344. The van der Waals surface area contributed by atoms with E-state index in [4.69, 9.17) is 9.84 Å². The van der Waals surface area contributed by atoms with Gasteiger partial charge in [0.25, 0.3) is 0 Å². The lowest BCUT2D eigenvalue weighted by Crippen LogP contribution is -2.00. The lowest BCUT2D eigenvalue weighted by atomic mass is 10.1. The molecular weight excluding hydrogens is 172 g/mol. The van der Waals surface area contributed by atoms with Crippen molar-refractivity contribution >= 4 is 5.97 Å². The Morgan fingerprint density at radius 1 is 1.46 bits per heavy atom. The van der Waals surface area contributed by atoms with Gasteiger partial charge in [0.2, 0.25) is 0 Å². The maximum Gasteiger partial charge on any atom is 0.336 e. The number of hydrogen-bond acceptors (Lipinski definition) is 3. The second kappa shape index (κ2) is 3.35. The zero-order valence-electron chi connectivity index (χ0n) is 7.37. The molecule has 1 aromatic carbocycles. The Kier molecular flexibility index (Phi) is 2.41. The van der Waals surface area contributed by atoms with Crippen LogP contribution in [-0.2, 0) is 0 Å². The van der Waals surface area contributed by atoms with Crippen molar-refractivity contribution < 1.29 is 19.7 Å². The molecule has 0 amide bonds. The predicted octanol–water partition coefficient (Wildman–Crippen LogP) is 1.41. The summed E-state index contributed by atoms with van der Waals surface area (Å²) >= 11 is 0. The van der Waals surface area contributed by atoms with Gasteiger partial charge in [-0.3, -0.25) is 0 Å². The van der Waals surface area contributed by atoms with Gasteiger partial charge in [0, 0.05) is 5.56 Å². The van der Waals surface area contributed by atoms with Crippen LogP contribution in [0.2, 0.25) is 0 Å². The van der Waals surface area contributed by atoms with E-state index in [2.05, 4.69) is 0 Å². The number of methoxy groups -OCH3 is 1. The molecule has 0 aliphatic rings. The number of hydrogen-bond donors (Lipinski definition) is 2. The van der Waals surface area contributed by atoms with E-state index >= 15 is 0 Å². The minimum atomic E-state index is -1.06. The monoisotopic (exact) mass is 182 g/mol. The Morgan fingerprint density at radius 2 is 2.08 bits per heavy atom. The van der Waals surface area contributed by atoms with E-state index in [1.54, 1.807) is 0 Å².